The first-order valence-corrected chi connectivity index (χ1v) is 18.0. The van der Waals surface area contributed by atoms with Crippen LogP contribution in [0.1, 0.15) is 69.7 Å². The number of hydrogen-bond acceptors (Lipinski definition) is 9. The second-order valence-corrected chi connectivity index (χ2v) is 15.0. The van der Waals surface area contributed by atoms with Crippen LogP contribution in [0.2, 0.25) is 0 Å². The number of aromatic nitrogens is 2. The number of piperidine rings is 1. The van der Waals surface area contributed by atoms with Crippen molar-refractivity contribution in [2.24, 2.45) is 11.3 Å². The molecule has 1 saturated carbocycles. The summed E-state index contributed by atoms with van der Waals surface area (Å²) in [6.07, 6.45) is 9.41. The van der Waals surface area contributed by atoms with Gasteiger partial charge in [-0.2, -0.15) is 0 Å². The minimum atomic E-state index is -0.487. The molecule has 7 rings (SSSR count). The summed E-state index contributed by atoms with van der Waals surface area (Å²) >= 11 is 0. The topological polar surface area (TPSA) is 113 Å². The number of amides is 3. The van der Waals surface area contributed by atoms with E-state index in [-0.39, 0.29) is 40.8 Å². The minimum Gasteiger partial charge on any atom is -0.451 e. The summed E-state index contributed by atoms with van der Waals surface area (Å²) in [5, 5.41) is 3.31. The van der Waals surface area contributed by atoms with E-state index in [2.05, 4.69) is 25.1 Å². The van der Waals surface area contributed by atoms with Gasteiger partial charge in [0, 0.05) is 44.2 Å². The number of carbonyl (C=O) groups is 2. The molecule has 0 unspecified atom stereocenters. The lowest BCUT2D eigenvalue weighted by atomic mass is 9.71. The van der Waals surface area contributed by atoms with Crippen molar-refractivity contribution in [2.45, 2.75) is 77.2 Å². The molecule has 5 fully saturated rings. The van der Waals surface area contributed by atoms with Crippen LogP contribution in [0.15, 0.2) is 30.7 Å². The van der Waals surface area contributed by atoms with E-state index in [4.69, 9.17) is 14.2 Å². The van der Waals surface area contributed by atoms with Gasteiger partial charge in [0.25, 0.3) is 5.91 Å². The number of rotatable bonds is 10. The number of ether oxygens (including phenoxy) is 3. The highest BCUT2D eigenvalue weighted by molar-refractivity contribution is 5.97. The maximum absolute atomic E-state index is 14.3. The number of benzene rings is 1. The maximum Gasteiger partial charge on any atom is 0.318 e. The van der Waals surface area contributed by atoms with Crippen LogP contribution in [0, 0.1) is 17.2 Å². The molecule has 4 saturated heterocycles. The lowest BCUT2D eigenvalue weighted by molar-refractivity contribution is -0.0544. The molecule has 4 aliphatic heterocycles. The molecule has 266 valence electrons. The van der Waals surface area contributed by atoms with E-state index in [1.165, 1.54) is 24.5 Å². The minimum absolute atomic E-state index is 0.00864. The average molecular weight is 680 g/mol. The molecule has 2 aromatic rings. The first kappa shape index (κ1) is 33.9. The molecule has 0 radical (unpaired) electrons. The van der Waals surface area contributed by atoms with Gasteiger partial charge in [0.05, 0.1) is 37.1 Å². The van der Waals surface area contributed by atoms with Crippen LogP contribution in [-0.4, -0.2) is 120 Å². The second kappa shape index (κ2) is 14.0. The largest absolute Gasteiger partial charge is 0.451 e. The summed E-state index contributed by atoms with van der Waals surface area (Å²) in [6, 6.07) is 4.03. The zero-order chi connectivity index (χ0) is 34.2. The van der Waals surface area contributed by atoms with Gasteiger partial charge in [-0.25, -0.2) is 19.2 Å². The molecule has 5 heterocycles. The summed E-state index contributed by atoms with van der Waals surface area (Å²) in [5.41, 5.74) is 0.315. The van der Waals surface area contributed by atoms with Crippen molar-refractivity contribution in [3.05, 3.63) is 42.1 Å². The second-order valence-electron chi connectivity index (χ2n) is 15.0. The Balaban J connectivity index is 0.902. The number of hydrogen-bond donors (Lipinski definition) is 1. The predicted molar refractivity (Wildman–Crippen MR) is 181 cm³/mol. The summed E-state index contributed by atoms with van der Waals surface area (Å²) in [6.45, 7) is 13.8. The lowest BCUT2D eigenvalue weighted by Gasteiger charge is -2.55. The van der Waals surface area contributed by atoms with Gasteiger partial charge in [-0.3, -0.25) is 4.79 Å². The van der Waals surface area contributed by atoms with Crippen molar-refractivity contribution in [1.82, 2.24) is 30.0 Å². The smallest absolute Gasteiger partial charge is 0.318 e. The SMILES string of the molecule is CCN(C(=O)c1cc(F)ccc1Oc1cncnc1N1CC2(CCN(CC3CCC4(CC3)CN(CC3OCCO3)C(=O)N4)CC2)C1)C(C)C. The van der Waals surface area contributed by atoms with Gasteiger partial charge in [0.1, 0.15) is 17.9 Å². The third kappa shape index (κ3) is 7.20. The molecule has 1 aromatic heterocycles. The summed E-state index contributed by atoms with van der Waals surface area (Å²) < 4.78 is 31.7. The highest BCUT2D eigenvalue weighted by Crippen LogP contribution is 2.45. The fourth-order valence-electron chi connectivity index (χ4n) is 8.52. The van der Waals surface area contributed by atoms with Gasteiger partial charge in [-0.05, 0) is 96.5 Å². The van der Waals surface area contributed by atoms with Crippen molar-refractivity contribution in [3.63, 3.8) is 0 Å². The first-order chi connectivity index (χ1) is 23.6. The van der Waals surface area contributed by atoms with Crippen LogP contribution in [0.4, 0.5) is 15.0 Å². The fourth-order valence-corrected chi connectivity index (χ4v) is 8.52. The Morgan fingerprint density at radius 1 is 1.08 bits per heavy atom. The highest BCUT2D eigenvalue weighted by Gasteiger charge is 2.48. The monoisotopic (exact) mass is 679 g/mol. The molecule has 1 N–H and O–H groups in total. The Bertz CT molecular complexity index is 1500. The molecular weight excluding hydrogens is 629 g/mol. The Hall–Kier alpha value is -3.55. The molecule has 1 aliphatic carbocycles. The predicted octanol–water partition coefficient (Wildman–Crippen LogP) is 4.51. The normalized spacial score (nSPS) is 25.7. The highest BCUT2D eigenvalue weighted by atomic mass is 19.1. The summed E-state index contributed by atoms with van der Waals surface area (Å²) in [7, 11) is 0. The summed E-state index contributed by atoms with van der Waals surface area (Å²) in [4.78, 5) is 43.3. The number of carbonyl (C=O) groups excluding carboxylic acids is 2. The third-order valence-electron chi connectivity index (χ3n) is 11.3. The van der Waals surface area contributed by atoms with Gasteiger partial charge in [0.15, 0.2) is 17.9 Å². The van der Waals surface area contributed by atoms with E-state index in [0.29, 0.717) is 49.5 Å². The molecule has 13 heteroatoms. The van der Waals surface area contributed by atoms with Crippen molar-refractivity contribution in [1.29, 1.82) is 0 Å². The Kier molecular flexibility index (Phi) is 9.69. The third-order valence-corrected chi connectivity index (χ3v) is 11.3. The molecule has 3 amide bonds. The number of likely N-dealkylation sites (tertiary alicyclic amines) is 1. The van der Waals surface area contributed by atoms with Crippen molar-refractivity contribution in [2.75, 3.05) is 70.5 Å². The summed E-state index contributed by atoms with van der Waals surface area (Å²) in [5.74, 6) is 1.33. The molecule has 5 aliphatic rings. The quantitative estimate of drug-likeness (QED) is 0.388. The van der Waals surface area contributed by atoms with Gasteiger partial charge < -0.3 is 39.1 Å². The van der Waals surface area contributed by atoms with E-state index in [0.717, 1.165) is 77.8 Å². The number of halogens is 1. The van der Waals surface area contributed by atoms with Crippen LogP contribution < -0.4 is 15.0 Å². The fraction of sp³-hybridized carbons (Fsp3) is 0.667. The molecule has 0 bridgehead atoms. The Labute approximate surface area is 288 Å². The van der Waals surface area contributed by atoms with E-state index < -0.39 is 5.82 Å². The van der Waals surface area contributed by atoms with Gasteiger partial charge in [-0.15, -0.1) is 0 Å². The molecule has 12 nitrogen and oxygen atoms in total. The number of urea groups is 1. The van der Waals surface area contributed by atoms with Crippen LogP contribution >= 0.6 is 0 Å². The standard InChI is InChI=1S/C36H50FN7O5/c1-4-44(25(2)3)33(45)28-17-27(37)5-6-29(28)49-30-18-38-24-39-32(30)43-21-35(22-43)11-13-41(14-12-35)19-26-7-9-36(10-8-26)23-42(34(46)40-36)20-31-47-15-16-48-31/h5-6,17-18,24-26,31H,4,7-16,19-23H2,1-3H3,(H,40,46). The average Bonchev–Trinajstić information content (AvgIpc) is 3.70. The van der Waals surface area contributed by atoms with Crippen LogP contribution in [0.25, 0.3) is 0 Å². The van der Waals surface area contributed by atoms with E-state index in [9.17, 15) is 14.0 Å². The number of nitrogens with one attached hydrogen (secondary N) is 1. The van der Waals surface area contributed by atoms with Crippen molar-refractivity contribution in [3.8, 4) is 11.5 Å². The van der Waals surface area contributed by atoms with Crippen molar-refractivity contribution < 1.29 is 28.2 Å². The molecular formula is C36H50FN7O5. The van der Waals surface area contributed by atoms with Crippen LogP contribution in [0.5, 0.6) is 11.5 Å². The van der Waals surface area contributed by atoms with E-state index in [1.807, 2.05) is 25.7 Å². The van der Waals surface area contributed by atoms with Crippen LogP contribution in [-0.2, 0) is 9.47 Å². The van der Waals surface area contributed by atoms with Gasteiger partial charge in [-0.1, -0.05) is 0 Å². The number of anilines is 1. The zero-order valence-electron chi connectivity index (χ0n) is 29.0. The Morgan fingerprint density at radius 2 is 1.82 bits per heavy atom. The molecule has 2 spiro atoms. The van der Waals surface area contributed by atoms with Crippen LogP contribution in [0.3, 0.4) is 0 Å². The number of nitrogens with zero attached hydrogens (tertiary/aromatic N) is 6. The van der Waals surface area contributed by atoms with Crippen molar-refractivity contribution >= 4 is 17.8 Å². The van der Waals surface area contributed by atoms with Gasteiger partial charge >= 0.3 is 6.03 Å². The van der Waals surface area contributed by atoms with Gasteiger partial charge in [0.2, 0.25) is 0 Å². The zero-order valence-corrected chi connectivity index (χ0v) is 29.0. The van der Waals surface area contributed by atoms with E-state index >= 15 is 0 Å². The molecule has 0 atom stereocenters. The maximum atomic E-state index is 14.3. The molecule has 1 aromatic carbocycles. The lowest BCUT2D eigenvalue weighted by Crippen LogP contribution is -2.61. The first-order valence-electron chi connectivity index (χ1n) is 18.0. The molecule has 49 heavy (non-hydrogen) atoms. The Morgan fingerprint density at radius 3 is 2.51 bits per heavy atom. The van der Waals surface area contributed by atoms with E-state index in [1.54, 1.807) is 11.1 Å².